The first kappa shape index (κ1) is 24.5. The fraction of sp³-hybridized carbons (Fsp3) is 0.680. The summed E-state index contributed by atoms with van der Waals surface area (Å²) in [7, 11) is 3.39. The Labute approximate surface area is 193 Å². The Bertz CT molecular complexity index is 768. The first-order valence-electron chi connectivity index (χ1n) is 12.2. The summed E-state index contributed by atoms with van der Waals surface area (Å²) >= 11 is 0. The van der Waals surface area contributed by atoms with E-state index < -0.39 is 0 Å². The summed E-state index contributed by atoms with van der Waals surface area (Å²) in [5, 5.41) is 3.30. The highest BCUT2D eigenvalue weighted by atomic mass is 16.6. The van der Waals surface area contributed by atoms with Crippen molar-refractivity contribution in [2.45, 2.75) is 57.9 Å². The minimum atomic E-state index is -0.344. The van der Waals surface area contributed by atoms with Crippen LogP contribution in [0, 0.1) is 0 Å². The van der Waals surface area contributed by atoms with E-state index in [1.165, 1.54) is 22.4 Å². The SMILES string of the molecule is CCCN(CCCCN1CCNCCC1=O)C1CCc2ccc(OC(=O)N(C)C)cc2C1. The van der Waals surface area contributed by atoms with Crippen molar-refractivity contribution in [3.8, 4) is 5.75 Å². The molecule has 1 saturated heterocycles. The molecule has 1 aliphatic carbocycles. The van der Waals surface area contributed by atoms with Crippen LogP contribution < -0.4 is 10.1 Å². The largest absolute Gasteiger partial charge is 0.414 e. The molecule has 1 atom stereocenters. The molecule has 7 nitrogen and oxygen atoms in total. The molecule has 2 aliphatic rings. The van der Waals surface area contributed by atoms with Crippen LogP contribution in [0.1, 0.15) is 50.2 Å². The maximum absolute atomic E-state index is 12.2. The van der Waals surface area contributed by atoms with Crippen molar-refractivity contribution in [1.29, 1.82) is 0 Å². The van der Waals surface area contributed by atoms with Crippen molar-refractivity contribution in [2.24, 2.45) is 0 Å². The lowest BCUT2D eigenvalue weighted by Crippen LogP contribution is -2.41. The molecule has 178 valence electrons. The third-order valence-corrected chi connectivity index (χ3v) is 6.53. The quantitative estimate of drug-likeness (QED) is 0.594. The number of carbonyl (C=O) groups is 2. The van der Waals surface area contributed by atoms with E-state index in [0.29, 0.717) is 18.2 Å². The number of fused-ring (bicyclic) bond motifs is 1. The van der Waals surface area contributed by atoms with Gasteiger partial charge in [-0.25, -0.2) is 4.79 Å². The Kier molecular flexibility index (Phi) is 9.36. The summed E-state index contributed by atoms with van der Waals surface area (Å²) in [5.74, 6) is 0.914. The minimum Gasteiger partial charge on any atom is -0.410 e. The van der Waals surface area contributed by atoms with Crippen LogP contribution in [0.15, 0.2) is 18.2 Å². The molecule has 1 aromatic carbocycles. The van der Waals surface area contributed by atoms with Crippen LogP contribution in [-0.2, 0) is 17.6 Å². The second-order valence-corrected chi connectivity index (χ2v) is 9.21. The first-order chi connectivity index (χ1) is 15.5. The Balaban J connectivity index is 1.53. The summed E-state index contributed by atoms with van der Waals surface area (Å²) in [6, 6.07) is 6.59. The third kappa shape index (κ3) is 6.94. The number of benzene rings is 1. The van der Waals surface area contributed by atoms with Crippen LogP contribution in [-0.4, -0.2) is 86.1 Å². The zero-order valence-corrected chi connectivity index (χ0v) is 20.1. The molecule has 7 heteroatoms. The molecule has 1 unspecified atom stereocenters. The van der Waals surface area contributed by atoms with Crippen LogP contribution in [0.25, 0.3) is 0 Å². The van der Waals surface area contributed by atoms with Gasteiger partial charge in [-0.3, -0.25) is 4.79 Å². The molecule has 0 radical (unpaired) electrons. The smallest absolute Gasteiger partial charge is 0.410 e. The van der Waals surface area contributed by atoms with Gasteiger partial charge in [-0.2, -0.15) is 0 Å². The van der Waals surface area contributed by atoms with E-state index in [1.807, 2.05) is 17.0 Å². The molecule has 0 bridgehead atoms. The van der Waals surface area contributed by atoms with Crippen molar-refractivity contribution in [2.75, 3.05) is 53.4 Å². The van der Waals surface area contributed by atoms with E-state index in [9.17, 15) is 9.59 Å². The second-order valence-electron chi connectivity index (χ2n) is 9.21. The van der Waals surface area contributed by atoms with E-state index in [0.717, 1.165) is 71.4 Å². The minimum absolute atomic E-state index is 0.287. The van der Waals surface area contributed by atoms with E-state index in [2.05, 4.69) is 23.2 Å². The Morgan fingerprint density at radius 2 is 2.00 bits per heavy atom. The second kappa shape index (κ2) is 12.2. The molecular weight excluding hydrogens is 404 g/mol. The van der Waals surface area contributed by atoms with Gasteiger partial charge in [-0.05, 0) is 74.9 Å². The van der Waals surface area contributed by atoms with Crippen LogP contribution in [0.4, 0.5) is 4.79 Å². The fourth-order valence-corrected chi connectivity index (χ4v) is 4.72. The van der Waals surface area contributed by atoms with Gasteiger partial charge in [0.25, 0.3) is 0 Å². The van der Waals surface area contributed by atoms with Gasteiger partial charge >= 0.3 is 6.09 Å². The van der Waals surface area contributed by atoms with E-state index >= 15 is 0 Å². The molecule has 0 spiro atoms. The molecule has 32 heavy (non-hydrogen) atoms. The lowest BCUT2D eigenvalue weighted by molar-refractivity contribution is -0.130. The van der Waals surface area contributed by atoms with Crippen molar-refractivity contribution in [3.63, 3.8) is 0 Å². The molecule has 3 rings (SSSR count). The molecule has 1 aliphatic heterocycles. The number of aryl methyl sites for hydroxylation is 1. The lowest BCUT2D eigenvalue weighted by atomic mass is 9.87. The van der Waals surface area contributed by atoms with E-state index in [1.54, 1.807) is 14.1 Å². The number of hydrogen-bond donors (Lipinski definition) is 1. The standard InChI is InChI=1S/C25H40N4O3/c1-4-14-28(15-5-6-16-29-17-13-26-12-11-24(29)30)22-9-7-20-8-10-23(19-21(20)18-22)32-25(31)27(2)3/h8,10,19,22,26H,4-7,9,11-18H2,1-3H3. The van der Waals surface area contributed by atoms with Crippen molar-refractivity contribution < 1.29 is 14.3 Å². The van der Waals surface area contributed by atoms with Crippen LogP contribution in [0.3, 0.4) is 0 Å². The van der Waals surface area contributed by atoms with Crippen LogP contribution in [0.5, 0.6) is 5.75 Å². The third-order valence-electron chi connectivity index (χ3n) is 6.53. The molecule has 1 heterocycles. The normalized spacial score (nSPS) is 18.9. The lowest BCUT2D eigenvalue weighted by Gasteiger charge is -2.35. The highest BCUT2D eigenvalue weighted by molar-refractivity contribution is 5.76. The fourth-order valence-electron chi connectivity index (χ4n) is 4.72. The van der Waals surface area contributed by atoms with E-state index in [-0.39, 0.29) is 12.0 Å². The zero-order chi connectivity index (χ0) is 22.9. The highest BCUT2D eigenvalue weighted by Crippen LogP contribution is 2.28. The Morgan fingerprint density at radius 3 is 2.78 bits per heavy atom. The molecule has 1 fully saturated rings. The molecule has 1 N–H and O–H groups in total. The maximum atomic E-state index is 12.2. The van der Waals surface area contributed by atoms with Crippen LogP contribution >= 0.6 is 0 Å². The van der Waals surface area contributed by atoms with Gasteiger partial charge in [-0.15, -0.1) is 0 Å². The van der Waals surface area contributed by atoms with Crippen molar-refractivity contribution >= 4 is 12.0 Å². The van der Waals surface area contributed by atoms with E-state index in [4.69, 9.17) is 4.74 Å². The number of nitrogens with zero attached hydrogens (tertiary/aromatic N) is 3. The van der Waals surface area contributed by atoms with Gasteiger partial charge in [0.15, 0.2) is 0 Å². The average molecular weight is 445 g/mol. The molecule has 0 saturated carbocycles. The van der Waals surface area contributed by atoms with Gasteiger partial charge in [0.05, 0.1) is 0 Å². The summed E-state index contributed by atoms with van der Waals surface area (Å²) in [4.78, 5) is 30.2. The number of rotatable bonds is 9. The summed E-state index contributed by atoms with van der Waals surface area (Å²) in [5.41, 5.74) is 2.67. The maximum Gasteiger partial charge on any atom is 0.414 e. The summed E-state index contributed by atoms with van der Waals surface area (Å²) < 4.78 is 5.48. The Hall–Kier alpha value is -2.12. The van der Waals surface area contributed by atoms with Gasteiger partial charge in [0.1, 0.15) is 5.75 Å². The summed E-state index contributed by atoms with van der Waals surface area (Å²) in [6.45, 7) is 7.82. The van der Waals surface area contributed by atoms with Gasteiger partial charge in [0, 0.05) is 52.7 Å². The monoisotopic (exact) mass is 444 g/mol. The van der Waals surface area contributed by atoms with Gasteiger partial charge < -0.3 is 24.8 Å². The first-order valence-corrected chi connectivity index (χ1v) is 12.2. The predicted octanol–water partition coefficient (Wildman–Crippen LogP) is 2.92. The molecule has 1 aromatic rings. The number of ether oxygens (including phenoxy) is 1. The number of carbonyl (C=O) groups excluding carboxylic acids is 2. The van der Waals surface area contributed by atoms with Crippen molar-refractivity contribution in [1.82, 2.24) is 20.0 Å². The molecule has 2 amide bonds. The number of nitrogens with one attached hydrogen (secondary N) is 1. The number of unbranched alkanes of at least 4 members (excludes halogenated alkanes) is 1. The summed E-state index contributed by atoms with van der Waals surface area (Å²) in [6.07, 6.45) is 6.82. The zero-order valence-electron chi connectivity index (χ0n) is 20.1. The van der Waals surface area contributed by atoms with Gasteiger partial charge in [0.2, 0.25) is 5.91 Å². The Morgan fingerprint density at radius 1 is 1.16 bits per heavy atom. The molecular formula is C25H40N4O3. The predicted molar refractivity (Wildman–Crippen MR) is 127 cm³/mol. The average Bonchev–Trinajstić information content (AvgIpc) is 2.99. The highest BCUT2D eigenvalue weighted by Gasteiger charge is 2.24. The number of amides is 2. The molecule has 0 aromatic heterocycles. The van der Waals surface area contributed by atoms with Crippen LogP contribution in [0.2, 0.25) is 0 Å². The van der Waals surface area contributed by atoms with Gasteiger partial charge in [-0.1, -0.05) is 13.0 Å². The van der Waals surface area contributed by atoms with Crippen molar-refractivity contribution in [3.05, 3.63) is 29.3 Å². The topological polar surface area (TPSA) is 65.1 Å². The number of hydrogen-bond acceptors (Lipinski definition) is 5.